The summed E-state index contributed by atoms with van der Waals surface area (Å²) in [6, 6.07) is 28.5. The number of carbonyl (C=O) groups is 1. The molecule has 0 spiro atoms. The molecule has 0 saturated heterocycles. The molecule has 0 fully saturated rings. The summed E-state index contributed by atoms with van der Waals surface area (Å²) in [5.74, 6) is -0.400. The van der Waals surface area contributed by atoms with Gasteiger partial charge in [0.05, 0.1) is 11.6 Å². The van der Waals surface area contributed by atoms with Crippen LogP contribution in [0, 0.1) is 0 Å². The molecule has 3 rings (SSSR count). The maximum atomic E-state index is 12.1. The molecule has 3 aromatic carbocycles. The molecule has 0 aliphatic heterocycles. The molecule has 0 aromatic heterocycles. The van der Waals surface area contributed by atoms with E-state index in [1.807, 2.05) is 78.9 Å². The molecule has 114 valence electrons. The summed E-state index contributed by atoms with van der Waals surface area (Å²) in [5, 5.41) is 0. The van der Waals surface area contributed by atoms with Gasteiger partial charge in [0.1, 0.15) is 0 Å². The van der Waals surface area contributed by atoms with Crippen LogP contribution in [0.15, 0.2) is 91.0 Å². The molecular formula is C20H17NO2. The number of hydroxylamine groups is 1. The van der Waals surface area contributed by atoms with E-state index in [0.29, 0.717) is 5.56 Å². The molecule has 0 aliphatic carbocycles. The minimum absolute atomic E-state index is 0.218. The first-order chi connectivity index (χ1) is 11.3. The fourth-order valence-electron chi connectivity index (χ4n) is 2.37. The summed E-state index contributed by atoms with van der Waals surface area (Å²) in [4.78, 5) is 17.4. The normalized spacial score (nSPS) is 10.5. The van der Waals surface area contributed by atoms with Crippen molar-refractivity contribution in [2.75, 3.05) is 0 Å². The number of nitrogens with one attached hydrogen (secondary N) is 1. The fourth-order valence-corrected chi connectivity index (χ4v) is 2.37. The Bertz CT molecular complexity index is 703. The van der Waals surface area contributed by atoms with Gasteiger partial charge in [-0.3, -0.25) is 0 Å². The minimum atomic E-state index is -0.400. The lowest BCUT2D eigenvalue weighted by Crippen LogP contribution is -2.26. The van der Waals surface area contributed by atoms with Crippen LogP contribution in [0.3, 0.4) is 0 Å². The third-order valence-corrected chi connectivity index (χ3v) is 3.54. The Morgan fingerprint density at radius 1 is 0.696 bits per heavy atom. The Balaban J connectivity index is 1.79. The largest absolute Gasteiger partial charge is 0.366 e. The zero-order valence-electron chi connectivity index (χ0n) is 12.6. The van der Waals surface area contributed by atoms with E-state index in [1.54, 1.807) is 12.1 Å². The molecule has 3 aromatic rings. The molecule has 0 amide bonds. The van der Waals surface area contributed by atoms with E-state index >= 15 is 0 Å². The van der Waals surface area contributed by atoms with Gasteiger partial charge < -0.3 is 4.84 Å². The lowest BCUT2D eigenvalue weighted by Gasteiger charge is -2.19. The predicted molar refractivity (Wildman–Crippen MR) is 89.7 cm³/mol. The first-order valence-corrected chi connectivity index (χ1v) is 7.46. The molecular weight excluding hydrogens is 286 g/mol. The number of rotatable bonds is 5. The summed E-state index contributed by atoms with van der Waals surface area (Å²) < 4.78 is 0. The van der Waals surface area contributed by atoms with Crippen LogP contribution in [-0.4, -0.2) is 5.97 Å². The Labute approximate surface area is 135 Å². The zero-order chi connectivity index (χ0) is 15.9. The van der Waals surface area contributed by atoms with Crippen molar-refractivity contribution in [2.45, 2.75) is 6.04 Å². The average Bonchev–Trinajstić information content (AvgIpc) is 2.64. The van der Waals surface area contributed by atoms with Crippen molar-refractivity contribution in [3.8, 4) is 0 Å². The molecule has 0 aliphatic rings. The van der Waals surface area contributed by atoms with Crippen LogP contribution in [0.2, 0.25) is 0 Å². The number of hydrogen-bond acceptors (Lipinski definition) is 3. The van der Waals surface area contributed by atoms with E-state index in [9.17, 15) is 4.79 Å². The topological polar surface area (TPSA) is 38.3 Å². The summed E-state index contributed by atoms with van der Waals surface area (Å²) in [6.07, 6.45) is 0. The highest BCUT2D eigenvalue weighted by Gasteiger charge is 2.16. The second-order valence-electron chi connectivity index (χ2n) is 5.13. The second-order valence-corrected chi connectivity index (χ2v) is 5.13. The van der Waals surface area contributed by atoms with Crippen molar-refractivity contribution in [2.24, 2.45) is 0 Å². The Morgan fingerprint density at radius 3 is 1.61 bits per heavy atom. The number of benzene rings is 3. The van der Waals surface area contributed by atoms with Gasteiger partial charge in [-0.2, -0.15) is 0 Å². The molecule has 0 atom stereocenters. The molecule has 0 radical (unpaired) electrons. The lowest BCUT2D eigenvalue weighted by atomic mass is 10.00. The van der Waals surface area contributed by atoms with Crippen molar-refractivity contribution in [1.29, 1.82) is 0 Å². The quantitative estimate of drug-likeness (QED) is 0.720. The highest BCUT2D eigenvalue weighted by molar-refractivity contribution is 5.89. The number of carbonyl (C=O) groups excluding carboxylic acids is 1. The highest BCUT2D eigenvalue weighted by atomic mass is 16.7. The summed E-state index contributed by atoms with van der Waals surface area (Å²) in [5.41, 5.74) is 5.47. The van der Waals surface area contributed by atoms with Gasteiger partial charge in [-0.15, -0.1) is 5.48 Å². The summed E-state index contributed by atoms with van der Waals surface area (Å²) in [6.45, 7) is 0. The zero-order valence-corrected chi connectivity index (χ0v) is 12.6. The second kappa shape index (κ2) is 7.38. The third-order valence-electron chi connectivity index (χ3n) is 3.54. The molecule has 0 saturated carbocycles. The van der Waals surface area contributed by atoms with Gasteiger partial charge in [-0.1, -0.05) is 78.9 Å². The van der Waals surface area contributed by atoms with Gasteiger partial charge in [0.25, 0.3) is 0 Å². The SMILES string of the molecule is O=C(ONC(c1ccccc1)c1ccccc1)c1ccccc1. The minimum Gasteiger partial charge on any atom is -0.366 e. The average molecular weight is 303 g/mol. The van der Waals surface area contributed by atoms with Gasteiger partial charge >= 0.3 is 5.97 Å². The van der Waals surface area contributed by atoms with Crippen LogP contribution >= 0.6 is 0 Å². The molecule has 3 nitrogen and oxygen atoms in total. The van der Waals surface area contributed by atoms with Gasteiger partial charge in [0, 0.05) is 0 Å². The van der Waals surface area contributed by atoms with E-state index < -0.39 is 5.97 Å². The first-order valence-electron chi connectivity index (χ1n) is 7.46. The van der Waals surface area contributed by atoms with Gasteiger partial charge in [-0.25, -0.2) is 4.79 Å². The van der Waals surface area contributed by atoms with Gasteiger partial charge in [0.2, 0.25) is 0 Å². The van der Waals surface area contributed by atoms with Gasteiger partial charge in [0.15, 0.2) is 0 Å². The smallest absolute Gasteiger partial charge is 0.356 e. The van der Waals surface area contributed by atoms with Crippen LogP contribution in [-0.2, 0) is 4.84 Å². The monoisotopic (exact) mass is 303 g/mol. The summed E-state index contributed by atoms with van der Waals surface area (Å²) >= 11 is 0. The van der Waals surface area contributed by atoms with Crippen molar-refractivity contribution >= 4 is 5.97 Å². The molecule has 1 N–H and O–H groups in total. The van der Waals surface area contributed by atoms with E-state index in [2.05, 4.69) is 5.48 Å². The van der Waals surface area contributed by atoms with Crippen LogP contribution in [0.5, 0.6) is 0 Å². The molecule has 0 unspecified atom stereocenters. The molecule has 3 heteroatoms. The van der Waals surface area contributed by atoms with Crippen molar-refractivity contribution in [1.82, 2.24) is 5.48 Å². The first kappa shape index (κ1) is 15.0. The summed E-state index contributed by atoms with van der Waals surface area (Å²) in [7, 11) is 0. The highest BCUT2D eigenvalue weighted by Crippen LogP contribution is 2.21. The van der Waals surface area contributed by atoms with Crippen molar-refractivity contribution in [3.05, 3.63) is 108 Å². The van der Waals surface area contributed by atoms with Crippen LogP contribution in [0.25, 0.3) is 0 Å². The maximum absolute atomic E-state index is 12.1. The Kier molecular flexibility index (Phi) is 4.82. The Hall–Kier alpha value is -2.91. The number of hydrogen-bond donors (Lipinski definition) is 1. The van der Waals surface area contributed by atoms with E-state index in [-0.39, 0.29) is 6.04 Å². The van der Waals surface area contributed by atoms with Crippen LogP contribution in [0.4, 0.5) is 0 Å². The Morgan fingerprint density at radius 2 is 1.13 bits per heavy atom. The third kappa shape index (κ3) is 3.84. The van der Waals surface area contributed by atoms with Crippen molar-refractivity contribution in [3.63, 3.8) is 0 Å². The van der Waals surface area contributed by atoms with E-state index in [4.69, 9.17) is 4.84 Å². The van der Waals surface area contributed by atoms with Crippen molar-refractivity contribution < 1.29 is 9.63 Å². The molecule has 0 bridgehead atoms. The fraction of sp³-hybridized carbons (Fsp3) is 0.0500. The van der Waals surface area contributed by atoms with E-state index in [0.717, 1.165) is 11.1 Å². The molecule has 0 heterocycles. The predicted octanol–water partition coefficient (Wildman–Crippen LogP) is 4.14. The van der Waals surface area contributed by atoms with Gasteiger partial charge in [-0.05, 0) is 23.3 Å². The molecule has 23 heavy (non-hydrogen) atoms. The van der Waals surface area contributed by atoms with E-state index in [1.165, 1.54) is 0 Å². The maximum Gasteiger partial charge on any atom is 0.356 e. The van der Waals surface area contributed by atoms with Crippen LogP contribution in [0.1, 0.15) is 27.5 Å². The standard InChI is InChI=1S/C20H17NO2/c22-20(18-14-8-3-9-15-18)23-21-19(16-10-4-1-5-11-16)17-12-6-2-7-13-17/h1-15,19,21H. The van der Waals surface area contributed by atoms with Crippen LogP contribution < -0.4 is 5.48 Å². The lowest BCUT2D eigenvalue weighted by molar-refractivity contribution is 0.0189.